The molecular formula is C50H64Cl5F3N17O15PS2. The molecular weight excluding hydrogens is 1410 g/mol. The number of benzene rings is 2. The third-order valence-corrected chi connectivity index (χ3v) is 13.2. The number of para-hydroxylation sites is 2. The van der Waals surface area contributed by atoms with Gasteiger partial charge in [-0.05, 0) is 86.6 Å². The molecule has 5 heterocycles. The number of methoxy groups -OCH3 is 2. The van der Waals surface area contributed by atoms with Crippen molar-refractivity contribution in [3.63, 3.8) is 0 Å². The molecule has 0 aliphatic carbocycles. The first-order chi connectivity index (χ1) is 43.2. The average molecular weight is 1470 g/mol. The second-order valence-electron chi connectivity index (χ2n) is 18.8. The number of nitrogens with zero attached hydrogens (tertiary/aromatic N) is 11. The van der Waals surface area contributed by atoms with Gasteiger partial charge < -0.3 is 59.8 Å². The number of alkyl halides is 5. The molecule has 0 saturated carbocycles. The molecule has 7 rings (SSSR count). The lowest BCUT2D eigenvalue weighted by Crippen LogP contribution is -2.47. The Labute approximate surface area is 558 Å². The zero-order chi connectivity index (χ0) is 70.9. The number of anilines is 5. The topological polar surface area (TPSA) is 442 Å². The van der Waals surface area contributed by atoms with Crippen LogP contribution in [0.25, 0.3) is 5.69 Å². The summed E-state index contributed by atoms with van der Waals surface area (Å²) in [6.45, 7) is 8.59. The van der Waals surface area contributed by atoms with Crippen molar-refractivity contribution in [3.8, 4) is 23.2 Å². The van der Waals surface area contributed by atoms with E-state index in [9.17, 15) is 60.3 Å². The number of nitro groups is 1. The minimum atomic E-state index is -4.63. The number of nitrogen functional groups attached to an aromatic ring is 1. The highest BCUT2D eigenvalue weighted by molar-refractivity contribution is 7.94. The molecule has 43 heteroatoms. The Bertz CT molecular complexity index is 3630. The highest BCUT2D eigenvalue weighted by atomic mass is 35.5. The number of rotatable bonds is 17. The van der Waals surface area contributed by atoms with Crippen molar-refractivity contribution in [1.29, 1.82) is 0 Å². The summed E-state index contributed by atoms with van der Waals surface area (Å²) in [6.07, 6.45) is 3.28. The summed E-state index contributed by atoms with van der Waals surface area (Å²) in [6, 6.07) is 11.7. The van der Waals surface area contributed by atoms with Crippen LogP contribution >= 0.6 is 65.6 Å². The molecule has 512 valence electrons. The summed E-state index contributed by atoms with van der Waals surface area (Å²) in [5.74, 6) is -0.871. The lowest BCUT2D eigenvalue weighted by molar-refractivity contribution is -0.383. The monoisotopic (exact) mass is 1470 g/mol. The number of fused-ring (bicyclic) bond motifs is 1. The van der Waals surface area contributed by atoms with E-state index in [0.29, 0.717) is 47.3 Å². The number of nitrogens with two attached hydrogens (primary N) is 1. The largest absolute Gasteiger partial charge is 0.778 e. The maximum Gasteiger partial charge on any atom is 0.416 e. The number of amides is 4. The van der Waals surface area contributed by atoms with Crippen LogP contribution in [-0.4, -0.2) is 182 Å². The van der Waals surface area contributed by atoms with Crippen LogP contribution in [0.2, 0.25) is 15.3 Å². The SMILES string of the molecule is CC1COc2ccccc2N1C(=O)C(Cl)Cl.CCNc1nc(Cl)nc(NC(C)C)n1.COc1cc(OC)nc(NC(=O)NS(=O)(=O)c2ncccc2C(=O)N(C)C)n1.C[S+](C)C.Nc1c([N+](=O)[O-])cnn1-c1c(Cl)cc(C(F)(F)F)cc1Cl.O=C(O)CNCP(=O)([O-])O. The third-order valence-electron chi connectivity index (χ3n) is 10.2. The normalized spacial score (nSPS) is 12.9. The maximum atomic E-state index is 12.6. The van der Waals surface area contributed by atoms with Gasteiger partial charge in [0.2, 0.25) is 40.7 Å². The van der Waals surface area contributed by atoms with E-state index in [-0.39, 0.29) is 62.3 Å². The number of hydrogen-bond donors (Lipinski definition) is 8. The molecule has 0 saturated heterocycles. The number of carboxylic acids is 1. The van der Waals surface area contributed by atoms with Crippen molar-refractivity contribution in [3.05, 3.63) is 104 Å². The molecule has 0 radical (unpaired) electrons. The second kappa shape index (κ2) is 37.9. The number of urea groups is 1. The number of halogens is 8. The first-order valence-corrected chi connectivity index (χ1v) is 33.6. The van der Waals surface area contributed by atoms with Crippen LogP contribution in [0.3, 0.4) is 0 Å². The maximum absolute atomic E-state index is 12.6. The van der Waals surface area contributed by atoms with Gasteiger partial charge in [-0.3, -0.25) is 35.1 Å². The molecule has 2 unspecified atom stereocenters. The molecule has 4 amide bonds. The van der Waals surface area contributed by atoms with E-state index in [2.05, 4.69) is 69.7 Å². The molecule has 0 fully saturated rings. The molecule has 0 bridgehead atoms. The Morgan fingerprint density at radius 3 is 2.01 bits per heavy atom. The van der Waals surface area contributed by atoms with Crippen LogP contribution in [0.1, 0.15) is 43.6 Å². The highest BCUT2D eigenvalue weighted by Gasteiger charge is 2.34. The Kier molecular flexibility index (Phi) is 33.3. The fourth-order valence-electron chi connectivity index (χ4n) is 6.53. The van der Waals surface area contributed by atoms with Gasteiger partial charge in [-0.2, -0.15) is 51.6 Å². The Balaban J connectivity index is 0.000000405. The van der Waals surface area contributed by atoms with E-state index < -0.39 is 86.4 Å². The van der Waals surface area contributed by atoms with Gasteiger partial charge in [-0.1, -0.05) is 58.5 Å². The van der Waals surface area contributed by atoms with E-state index >= 15 is 0 Å². The molecule has 32 nitrogen and oxygen atoms in total. The first kappa shape index (κ1) is 81.5. The Morgan fingerprint density at radius 2 is 1.53 bits per heavy atom. The summed E-state index contributed by atoms with van der Waals surface area (Å²) in [4.78, 5) is 99.0. The zero-order valence-corrected chi connectivity index (χ0v) is 57.2. The summed E-state index contributed by atoms with van der Waals surface area (Å²) in [5.41, 5.74) is 4.31. The van der Waals surface area contributed by atoms with Gasteiger partial charge in [-0.25, -0.2) is 19.2 Å². The number of hydrogen-bond acceptors (Lipinski definition) is 24. The molecule has 93 heavy (non-hydrogen) atoms. The molecule has 4 aromatic heterocycles. The Hall–Kier alpha value is -7.58. The van der Waals surface area contributed by atoms with E-state index in [1.165, 1.54) is 57.6 Å². The van der Waals surface area contributed by atoms with Crippen molar-refractivity contribution in [2.24, 2.45) is 0 Å². The summed E-state index contributed by atoms with van der Waals surface area (Å²) >= 11 is 28.5. The van der Waals surface area contributed by atoms with Gasteiger partial charge in [0.05, 0.1) is 89.7 Å². The van der Waals surface area contributed by atoms with E-state index in [1.54, 1.807) is 9.62 Å². The van der Waals surface area contributed by atoms with Crippen molar-refractivity contribution in [2.75, 3.05) is 99.6 Å². The van der Waals surface area contributed by atoms with Gasteiger partial charge >= 0.3 is 23.9 Å². The van der Waals surface area contributed by atoms with Crippen LogP contribution in [0.15, 0.2) is 72.0 Å². The molecule has 6 aromatic rings. The number of aliphatic carboxylic acids is 1. The van der Waals surface area contributed by atoms with E-state index in [1.807, 2.05) is 57.3 Å². The number of carbonyl (C=O) groups is 4. The highest BCUT2D eigenvalue weighted by Crippen LogP contribution is 2.39. The average Bonchev–Trinajstić information content (AvgIpc) is 1.78. The number of nitrogens with one attached hydrogen (secondary N) is 5. The van der Waals surface area contributed by atoms with Crippen molar-refractivity contribution < 1.29 is 79.4 Å². The van der Waals surface area contributed by atoms with Crippen LogP contribution in [0, 0.1) is 10.1 Å². The smallest absolute Gasteiger partial charge is 0.416 e. The van der Waals surface area contributed by atoms with Crippen molar-refractivity contribution in [1.82, 2.24) is 54.6 Å². The quantitative estimate of drug-likeness (QED) is 0.0152. The molecule has 9 N–H and O–H groups in total. The first-order valence-electron chi connectivity index (χ1n) is 25.9. The molecule has 2 aromatic carbocycles. The van der Waals surface area contributed by atoms with Gasteiger partial charge in [-0.15, -0.1) is 0 Å². The fraction of sp³-hybridized carbons (Fsp3) is 0.380. The number of sulfonamides is 1. The van der Waals surface area contributed by atoms with E-state index in [0.717, 1.165) is 23.1 Å². The number of aromatic nitrogens is 8. The standard InChI is InChI=1S/C15H18N6O6S.C11H11Cl2NO2.C10H5Cl2F3N4O2.C8H14ClN5.C3H8NO5P.C3H9S/c1-21(2)13(22)9-6-5-7-16-12(9)28(24,25)20-15(23)19-14-17-10(26-3)8-11(18-14)27-4;1-7-6-16-9-5-3-2-4-8(9)14(7)11(15)10(12)13;11-5-1-4(10(13,14)15)2-6(12)8(5)18-9(16)7(3-17-18)19(20)21;1-4-10-7-12-6(9)13-8(14-7)11-5(2)3;5-3(6)1-4-2-10(7,8)9;1-4(2)3/h5-8H,1-4H3,(H2,17,18,19,20,23);2-5,7,10H,6H2,1H3;1-3H,16H2;5H,4H2,1-3H3,(H2,10,11,12,13,14);4H,1-2H2,(H,5,6)(H2,7,8,9);1-3H3/q;;;;;+1/p-1. The van der Waals surface area contributed by atoms with Gasteiger partial charge in [0.1, 0.15) is 31.8 Å². The van der Waals surface area contributed by atoms with Gasteiger partial charge in [0.25, 0.3) is 21.8 Å². The number of ether oxygens (including phenoxy) is 3. The second-order valence-corrected chi connectivity index (χ2v) is 26.7. The lowest BCUT2D eigenvalue weighted by atomic mass is 10.1. The number of carboxylic acid groups (broad SMARTS) is 1. The Morgan fingerprint density at radius 1 is 0.957 bits per heavy atom. The minimum absolute atomic E-state index is 0.0672. The predicted molar refractivity (Wildman–Crippen MR) is 344 cm³/mol. The molecule has 2 atom stereocenters. The van der Waals surface area contributed by atoms with Crippen LogP contribution < -0.4 is 55.7 Å². The number of carbonyl (C=O) groups excluding carboxylic acids is 3. The lowest BCUT2D eigenvalue weighted by Gasteiger charge is -2.35. The minimum Gasteiger partial charge on any atom is -0.778 e. The van der Waals surface area contributed by atoms with E-state index in [4.69, 9.17) is 87.9 Å². The number of pyridine rings is 1. The molecule has 0 spiro atoms. The molecule has 1 aliphatic rings. The third kappa shape index (κ3) is 27.9. The summed E-state index contributed by atoms with van der Waals surface area (Å²) < 4.78 is 90.8. The molecule has 1 aliphatic heterocycles. The van der Waals surface area contributed by atoms with Crippen LogP contribution in [-0.2, 0) is 41.2 Å². The fourth-order valence-corrected chi connectivity index (χ4v) is 8.98. The van der Waals surface area contributed by atoms with Gasteiger partial charge in [0.15, 0.2) is 9.86 Å². The van der Waals surface area contributed by atoms with Crippen LogP contribution in [0.5, 0.6) is 17.5 Å². The zero-order valence-electron chi connectivity index (χ0n) is 50.9. The van der Waals surface area contributed by atoms with Crippen molar-refractivity contribution in [2.45, 2.75) is 55.8 Å². The van der Waals surface area contributed by atoms with Gasteiger partial charge in [0, 0.05) is 32.9 Å². The predicted octanol–water partition coefficient (Wildman–Crippen LogP) is 6.83. The van der Waals surface area contributed by atoms with Crippen LogP contribution in [0.4, 0.5) is 53.0 Å². The summed E-state index contributed by atoms with van der Waals surface area (Å²) in [7, 11) is -2.56. The van der Waals surface area contributed by atoms with Crippen molar-refractivity contribution >= 4 is 145 Å². The summed E-state index contributed by atoms with van der Waals surface area (Å²) in [5, 5.41) is 31.3.